The van der Waals surface area contributed by atoms with Crippen LogP contribution < -0.4 is 9.64 Å². The fourth-order valence-corrected chi connectivity index (χ4v) is 3.25. The number of nitrogens with zero attached hydrogens (tertiary/aromatic N) is 3. The van der Waals surface area contributed by atoms with E-state index in [4.69, 9.17) is 21.6 Å². The quantitative estimate of drug-likeness (QED) is 0.747. The van der Waals surface area contributed by atoms with Gasteiger partial charge >= 0.3 is 6.18 Å². The summed E-state index contributed by atoms with van der Waals surface area (Å²) >= 11 is 6.02. The van der Waals surface area contributed by atoms with Crippen molar-refractivity contribution in [3.63, 3.8) is 0 Å². The minimum Gasteiger partial charge on any atom is -0.482 e. The molecule has 1 amide bonds. The van der Waals surface area contributed by atoms with Crippen LogP contribution in [0.15, 0.2) is 42.5 Å². The molecule has 5 nitrogen and oxygen atoms in total. The number of carbonyl (C=O) groups is 1. The number of rotatable bonds is 4. The largest absolute Gasteiger partial charge is 0.482 e. The lowest BCUT2D eigenvalue weighted by atomic mass is 10.1. The third kappa shape index (κ3) is 5.12. The first-order chi connectivity index (χ1) is 13.8. The van der Waals surface area contributed by atoms with E-state index in [1.165, 1.54) is 18.2 Å². The second-order valence-electron chi connectivity index (χ2n) is 6.46. The number of hydrogen-bond acceptors (Lipinski definition) is 4. The van der Waals surface area contributed by atoms with Crippen molar-refractivity contribution in [3.05, 3.63) is 58.6 Å². The van der Waals surface area contributed by atoms with Crippen LogP contribution in [0.1, 0.15) is 11.1 Å². The Balaban J connectivity index is 1.54. The topological polar surface area (TPSA) is 56.6 Å². The van der Waals surface area contributed by atoms with E-state index in [2.05, 4.69) is 0 Å². The maximum atomic E-state index is 12.9. The number of amides is 1. The van der Waals surface area contributed by atoms with Gasteiger partial charge in [0.2, 0.25) is 0 Å². The van der Waals surface area contributed by atoms with E-state index in [0.29, 0.717) is 43.2 Å². The molecule has 1 fully saturated rings. The van der Waals surface area contributed by atoms with Gasteiger partial charge in [-0.25, -0.2) is 0 Å². The molecule has 29 heavy (non-hydrogen) atoms. The van der Waals surface area contributed by atoms with Crippen LogP contribution in [0.5, 0.6) is 5.75 Å². The van der Waals surface area contributed by atoms with Gasteiger partial charge in [-0.15, -0.1) is 0 Å². The number of carbonyl (C=O) groups excluding carboxylic acids is 1. The highest BCUT2D eigenvalue weighted by molar-refractivity contribution is 6.32. The van der Waals surface area contributed by atoms with Crippen molar-refractivity contribution in [1.82, 2.24) is 4.90 Å². The Morgan fingerprint density at radius 2 is 1.86 bits per heavy atom. The van der Waals surface area contributed by atoms with Crippen LogP contribution in [0.4, 0.5) is 18.9 Å². The zero-order valence-corrected chi connectivity index (χ0v) is 16.0. The van der Waals surface area contributed by atoms with Gasteiger partial charge in [0.15, 0.2) is 6.61 Å². The second kappa shape index (κ2) is 8.62. The van der Waals surface area contributed by atoms with Crippen LogP contribution >= 0.6 is 11.6 Å². The summed E-state index contributed by atoms with van der Waals surface area (Å²) in [4.78, 5) is 15.8. The summed E-state index contributed by atoms with van der Waals surface area (Å²) in [5, 5.41) is 9.07. The Morgan fingerprint density at radius 3 is 2.48 bits per heavy atom. The lowest BCUT2D eigenvalue weighted by Crippen LogP contribution is -2.50. The van der Waals surface area contributed by atoms with Gasteiger partial charge < -0.3 is 14.5 Å². The van der Waals surface area contributed by atoms with Gasteiger partial charge in [-0.1, -0.05) is 17.7 Å². The highest BCUT2D eigenvalue weighted by Gasteiger charge is 2.31. The first kappa shape index (κ1) is 20.8. The van der Waals surface area contributed by atoms with Gasteiger partial charge in [0.1, 0.15) is 5.75 Å². The van der Waals surface area contributed by atoms with Gasteiger partial charge in [-0.2, -0.15) is 18.4 Å². The van der Waals surface area contributed by atoms with Crippen LogP contribution in [0, 0.1) is 11.3 Å². The molecule has 0 unspecified atom stereocenters. The Kier molecular flexibility index (Phi) is 6.18. The summed E-state index contributed by atoms with van der Waals surface area (Å²) in [5.74, 6) is 0.0655. The summed E-state index contributed by atoms with van der Waals surface area (Å²) < 4.78 is 44.1. The van der Waals surface area contributed by atoms with Crippen molar-refractivity contribution < 1.29 is 22.7 Å². The summed E-state index contributed by atoms with van der Waals surface area (Å²) in [6.07, 6.45) is -4.39. The Morgan fingerprint density at radius 1 is 1.14 bits per heavy atom. The number of ether oxygens (including phenoxy) is 1. The van der Waals surface area contributed by atoms with Gasteiger partial charge in [0.05, 0.1) is 22.2 Å². The molecule has 3 rings (SSSR count). The third-order valence-electron chi connectivity index (χ3n) is 4.58. The maximum absolute atomic E-state index is 12.9. The van der Waals surface area contributed by atoms with Crippen molar-refractivity contribution in [1.29, 1.82) is 5.26 Å². The average Bonchev–Trinajstić information content (AvgIpc) is 2.72. The fraction of sp³-hybridized carbons (Fsp3) is 0.300. The van der Waals surface area contributed by atoms with Gasteiger partial charge in [-0.3, -0.25) is 4.79 Å². The van der Waals surface area contributed by atoms with Crippen LogP contribution in [0.25, 0.3) is 0 Å². The molecule has 2 aromatic carbocycles. The SMILES string of the molecule is N#Cc1ccc(OCC(=O)N2CCN(c3cccc(C(F)(F)F)c3)CC2)c(Cl)c1. The molecule has 0 spiro atoms. The van der Waals surface area contributed by atoms with Gasteiger partial charge in [-0.05, 0) is 36.4 Å². The molecule has 1 aliphatic rings. The minimum absolute atomic E-state index is 0.213. The molecule has 0 bridgehead atoms. The van der Waals surface area contributed by atoms with E-state index >= 15 is 0 Å². The Hall–Kier alpha value is -2.92. The Bertz CT molecular complexity index is 935. The maximum Gasteiger partial charge on any atom is 0.416 e. The van der Waals surface area contributed by atoms with Crippen LogP contribution in [0.2, 0.25) is 5.02 Å². The Labute approximate surface area is 170 Å². The molecular formula is C20H17ClF3N3O2. The first-order valence-corrected chi connectivity index (χ1v) is 9.18. The predicted octanol–water partition coefficient (Wildman–Crippen LogP) is 3.96. The standard InChI is InChI=1S/C20H17ClF3N3O2/c21-17-10-14(12-25)4-5-18(17)29-13-19(28)27-8-6-26(7-9-27)16-3-1-2-15(11-16)20(22,23)24/h1-5,10-11H,6-9,13H2. The molecule has 1 saturated heterocycles. The molecule has 1 aliphatic heterocycles. The zero-order valence-electron chi connectivity index (χ0n) is 15.2. The van der Waals surface area contributed by atoms with E-state index in [9.17, 15) is 18.0 Å². The van der Waals surface area contributed by atoms with Crippen LogP contribution in [-0.2, 0) is 11.0 Å². The molecule has 1 heterocycles. The number of anilines is 1. The van der Waals surface area contributed by atoms with E-state index < -0.39 is 11.7 Å². The smallest absolute Gasteiger partial charge is 0.416 e. The highest BCUT2D eigenvalue weighted by atomic mass is 35.5. The molecule has 9 heteroatoms. The lowest BCUT2D eigenvalue weighted by Gasteiger charge is -2.36. The van der Waals surface area contributed by atoms with Crippen molar-refractivity contribution in [2.45, 2.75) is 6.18 Å². The molecular weight excluding hydrogens is 407 g/mol. The second-order valence-corrected chi connectivity index (χ2v) is 6.87. The summed E-state index contributed by atoms with van der Waals surface area (Å²) in [7, 11) is 0. The number of alkyl halides is 3. The number of halogens is 4. The first-order valence-electron chi connectivity index (χ1n) is 8.80. The van der Waals surface area contributed by atoms with Crippen LogP contribution in [0.3, 0.4) is 0 Å². The minimum atomic E-state index is -4.39. The van der Waals surface area contributed by atoms with Gasteiger partial charge in [0, 0.05) is 31.9 Å². The van der Waals surface area contributed by atoms with E-state index in [0.717, 1.165) is 12.1 Å². The molecule has 2 aromatic rings. The van der Waals surface area contributed by atoms with Crippen molar-refractivity contribution in [2.24, 2.45) is 0 Å². The molecule has 0 saturated carbocycles. The third-order valence-corrected chi connectivity index (χ3v) is 4.88. The van der Waals surface area contributed by atoms with E-state index in [1.54, 1.807) is 17.0 Å². The summed E-state index contributed by atoms with van der Waals surface area (Å²) in [6.45, 7) is 1.38. The number of nitriles is 1. The lowest BCUT2D eigenvalue weighted by molar-refractivity contribution is -0.137. The molecule has 0 radical (unpaired) electrons. The molecule has 0 N–H and O–H groups in total. The fourth-order valence-electron chi connectivity index (χ4n) is 3.01. The van der Waals surface area contributed by atoms with Crippen molar-refractivity contribution in [3.8, 4) is 11.8 Å². The highest BCUT2D eigenvalue weighted by Crippen LogP contribution is 2.32. The number of hydrogen-bond donors (Lipinski definition) is 0. The zero-order chi connectivity index (χ0) is 21.0. The number of piperazine rings is 1. The van der Waals surface area contributed by atoms with E-state index in [-0.39, 0.29) is 17.5 Å². The van der Waals surface area contributed by atoms with Crippen molar-refractivity contribution in [2.75, 3.05) is 37.7 Å². The van der Waals surface area contributed by atoms with Gasteiger partial charge in [0.25, 0.3) is 5.91 Å². The summed E-state index contributed by atoms with van der Waals surface area (Å²) in [5.41, 5.74) is 0.174. The number of benzene rings is 2. The van der Waals surface area contributed by atoms with Crippen LogP contribution in [-0.4, -0.2) is 43.6 Å². The average molecular weight is 424 g/mol. The van der Waals surface area contributed by atoms with E-state index in [1.807, 2.05) is 11.0 Å². The van der Waals surface area contributed by atoms with Crippen molar-refractivity contribution >= 4 is 23.2 Å². The monoisotopic (exact) mass is 423 g/mol. The molecule has 0 aromatic heterocycles. The normalized spacial score (nSPS) is 14.4. The molecule has 152 valence electrons. The summed E-state index contributed by atoms with van der Waals surface area (Å²) in [6, 6.07) is 11.6. The molecule has 0 atom stereocenters. The molecule has 0 aliphatic carbocycles. The predicted molar refractivity (Wildman–Crippen MR) is 102 cm³/mol.